The second-order valence-corrected chi connectivity index (χ2v) is 6.37. The summed E-state index contributed by atoms with van der Waals surface area (Å²) in [6, 6.07) is 9.35. The van der Waals surface area contributed by atoms with E-state index in [1.165, 1.54) is 0 Å². The third-order valence-corrected chi connectivity index (χ3v) is 4.19. The molecule has 5 heteroatoms. The summed E-state index contributed by atoms with van der Waals surface area (Å²) in [4.78, 5) is 12.2. The zero-order valence-corrected chi connectivity index (χ0v) is 14.2. The fourth-order valence-electron chi connectivity index (χ4n) is 2.91. The lowest BCUT2D eigenvalue weighted by molar-refractivity contribution is -0.122. The van der Waals surface area contributed by atoms with E-state index in [-0.39, 0.29) is 18.4 Å². The van der Waals surface area contributed by atoms with Gasteiger partial charge in [-0.25, -0.2) is 0 Å². The maximum absolute atomic E-state index is 12.2. The van der Waals surface area contributed by atoms with Crippen molar-refractivity contribution in [3.63, 3.8) is 0 Å². The second-order valence-electron chi connectivity index (χ2n) is 6.37. The van der Waals surface area contributed by atoms with Crippen molar-refractivity contribution in [1.29, 1.82) is 0 Å². The van der Waals surface area contributed by atoms with Crippen LogP contribution in [0.2, 0.25) is 0 Å². The normalized spacial score (nSPS) is 15.0. The van der Waals surface area contributed by atoms with E-state index >= 15 is 0 Å². The predicted octanol–water partition coefficient (Wildman–Crippen LogP) is 2.54. The first-order valence-corrected chi connectivity index (χ1v) is 7.87. The molecule has 0 saturated heterocycles. The van der Waals surface area contributed by atoms with Gasteiger partial charge in [0, 0.05) is 12.1 Å². The van der Waals surface area contributed by atoms with Crippen LogP contribution >= 0.6 is 0 Å². The van der Waals surface area contributed by atoms with E-state index in [9.17, 15) is 9.90 Å². The minimum Gasteiger partial charge on any atom is -0.384 e. The molecule has 0 aliphatic heterocycles. The monoisotopic (exact) mass is 315 g/mol. The van der Waals surface area contributed by atoms with Crippen LogP contribution in [0.25, 0.3) is 0 Å². The Bertz CT molecular complexity index is 643. The molecular weight excluding hydrogens is 290 g/mol. The Balaban J connectivity index is 1.93. The largest absolute Gasteiger partial charge is 0.384 e. The molecule has 0 bridgehead atoms. The Morgan fingerprint density at radius 3 is 2.57 bits per heavy atom. The SMILES string of the molecule is Cc1n[nH]c(C)c1[C@H](C)CC(=O)NC[C@](C)(O)c1ccccc1. The molecule has 0 fully saturated rings. The number of nitrogens with zero attached hydrogens (tertiary/aromatic N) is 1. The number of H-pyrrole nitrogens is 1. The Kier molecular flexibility index (Phi) is 5.21. The van der Waals surface area contributed by atoms with E-state index in [1.807, 2.05) is 51.1 Å². The second kappa shape index (κ2) is 6.96. The Morgan fingerprint density at radius 2 is 2.00 bits per heavy atom. The highest BCUT2D eigenvalue weighted by molar-refractivity contribution is 5.77. The molecule has 0 aliphatic rings. The smallest absolute Gasteiger partial charge is 0.220 e. The summed E-state index contributed by atoms with van der Waals surface area (Å²) >= 11 is 0. The maximum Gasteiger partial charge on any atom is 0.220 e. The number of aliphatic hydroxyl groups is 1. The number of carbonyl (C=O) groups is 1. The van der Waals surface area contributed by atoms with Crippen LogP contribution in [-0.4, -0.2) is 27.8 Å². The van der Waals surface area contributed by atoms with Gasteiger partial charge in [0.15, 0.2) is 0 Å². The van der Waals surface area contributed by atoms with Crippen molar-refractivity contribution in [1.82, 2.24) is 15.5 Å². The lowest BCUT2D eigenvalue weighted by atomic mass is 9.94. The van der Waals surface area contributed by atoms with Crippen molar-refractivity contribution in [2.45, 2.75) is 45.6 Å². The molecule has 1 aromatic heterocycles. The first-order valence-electron chi connectivity index (χ1n) is 7.87. The number of aromatic amines is 1. The number of nitrogens with one attached hydrogen (secondary N) is 2. The molecule has 3 N–H and O–H groups in total. The molecule has 0 saturated carbocycles. The van der Waals surface area contributed by atoms with Crippen LogP contribution < -0.4 is 5.32 Å². The number of rotatable bonds is 6. The molecule has 1 heterocycles. The third-order valence-electron chi connectivity index (χ3n) is 4.19. The van der Waals surface area contributed by atoms with Crippen molar-refractivity contribution >= 4 is 5.91 Å². The van der Waals surface area contributed by atoms with Crippen LogP contribution in [0.4, 0.5) is 0 Å². The van der Waals surface area contributed by atoms with E-state index in [4.69, 9.17) is 0 Å². The Hall–Kier alpha value is -2.14. The van der Waals surface area contributed by atoms with Gasteiger partial charge in [-0.1, -0.05) is 37.3 Å². The zero-order valence-electron chi connectivity index (χ0n) is 14.2. The molecule has 0 spiro atoms. The molecule has 0 radical (unpaired) electrons. The van der Waals surface area contributed by atoms with Gasteiger partial charge in [-0.2, -0.15) is 5.10 Å². The standard InChI is InChI=1S/C18H25N3O2/c1-12(17-13(2)20-21-14(17)3)10-16(22)19-11-18(4,23)15-8-6-5-7-9-15/h5-9,12,23H,10-11H2,1-4H3,(H,19,22)(H,20,21)/t12-,18+/m1/s1. The lowest BCUT2D eigenvalue weighted by Gasteiger charge is -2.24. The molecule has 5 nitrogen and oxygen atoms in total. The van der Waals surface area contributed by atoms with Gasteiger partial charge < -0.3 is 10.4 Å². The van der Waals surface area contributed by atoms with Gasteiger partial charge in [0.05, 0.1) is 12.2 Å². The highest BCUT2D eigenvalue weighted by Crippen LogP contribution is 2.24. The Morgan fingerprint density at radius 1 is 1.35 bits per heavy atom. The summed E-state index contributed by atoms with van der Waals surface area (Å²) in [5.41, 5.74) is 2.73. The number of amides is 1. The number of benzene rings is 1. The number of hydrogen-bond acceptors (Lipinski definition) is 3. The molecule has 0 unspecified atom stereocenters. The van der Waals surface area contributed by atoms with Gasteiger partial charge in [0.1, 0.15) is 5.60 Å². The molecule has 0 aliphatic carbocycles. The van der Waals surface area contributed by atoms with Gasteiger partial charge in [-0.3, -0.25) is 9.89 Å². The van der Waals surface area contributed by atoms with Gasteiger partial charge in [-0.15, -0.1) is 0 Å². The van der Waals surface area contributed by atoms with Crippen molar-refractivity contribution in [3.8, 4) is 0 Å². The third kappa shape index (κ3) is 4.20. The quantitative estimate of drug-likeness (QED) is 0.766. The summed E-state index contributed by atoms with van der Waals surface area (Å²) in [6.07, 6.45) is 0.367. The van der Waals surface area contributed by atoms with Gasteiger partial charge >= 0.3 is 0 Å². The van der Waals surface area contributed by atoms with Crippen LogP contribution in [0.3, 0.4) is 0 Å². The lowest BCUT2D eigenvalue weighted by Crippen LogP contribution is -2.38. The molecule has 124 valence electrons. The maximum atomic E-state index is 12.2. The predicted molar refractivity (Wildman–Crippen MR) is 90.1 cm³/mol. The summed E-state index contributed by atoms with van der Waals surface area (Å²) in [7, 11) is 0. The zero-order chi connectivity index (χ0) is 17.0. The van der Waals surface area contributed by atoms with Gasteiger partial charge in [0.25, 0.3) is 0 Å². The van der Waals surface area contributed by atoms with E-state index in [2.05, 4.69) is 15.5 Å². The fourth-order valence-corrected chi connectivity index (χ4v) is 2.91. The summed E-state index contributed by atoms with van der Waals surface area (Å²) in [5.74, 6) is 0.00382. The summed E-state index contributed by atoms with van der Waals surface area (Å²) < 4.78 is 0. The van der Waals surface area contributed by atoms with Crippen molar-refractivity contribution < 1.29 is 9.90 Å². The van der Waals surface area contributed by atoms with E-state index < -0.39 is 5.60 Å². The van der Waals surface area contributed by atoms with Gasteiger partial charge in [0.2, 0.25) is 5.91 Å². The average Bonchev–Trinajstić information content (AvgIpc) is 2.85. The van der Waals surface area contributed by atoms with E-state index in [0.29, 0.717) is 6.42 Å². The molecular formula is C18H25N3O2. The van der Waals surface area contributed by atoms with Crippen molar-refractivity contribution in [2.75, 3.05) is 6.54 Å². The van der Waals surface area contributed by atoms with Crippen molar-refractivity contribution in [2.24, 2.45) is 0 Å². The molecule has 23 heavy (non-hydrogen) atoms. The highest BCUT2D eigenvalue weighted by Gasteiger charge is 2.24. The van der Waals surface area contributed by atoms with Gasteiger partial charge in [-0.05, 0) is 37.8 Å². The number of carbonyl (C=O) groups excluding carboxylic acids is 1. The summed E-state index contributed by atoms with van der Waals surface area (Å²) in [6.45, 7) is 7.81. The van der Waals surface area contributed by atoms with Crippen LogP contribution in [-0.2, 0) is 10.4 Å². The summed E-state index contributed by atoms with van der Waals surface area (Å²) in [5, 5.41) is 20.5. The topological polar surface area (TPSA) is 78.0 Å². The number of aryl methyl sites for hydroxylation is 2. The highest BCUT2D eigenvalue weighted by atomic mass is 16.3. The fraction of sp³-hybridized carbons (Fsp3) is 0.444. The first-order chi connectivity index (χ1) is 10.8. The van der Waals surface area contributed by atoms with Crippen LogP contribution in [0.5, 0.6) is 0 Å². The molecule has 2 atom stereocenters. The van der Waals surface area contributed by atoms with Crippen LogP contribution in [0, 0.1) is 13.8 Å². The molecule has 2 aromatic rings. The van der Waals surface area contributed by atoms with E-state index in [1.54, 1.807) is 6.92 Å². The minimum atomic E-state index is -1.08. The minimum absolute atomic E-state index is 0.0753. The Labute approximate surface area is 137 Å². The number of aromatic nitrogens is 2. The molecule has 1 amide bonds. The van der Waals surface area contributed by atoms with Crippen LogP contribution in [0.1, 0.15) is 48.7 Å². The van der Waals surface area contributed by atoms with Crippen molar-refractivity contribution in [3.05, 3.63) is 52.8 Å². The van der Waals surface area contributed by atoms with E-state index in [0.717, 1.165) is 22.5 Å². The first kappa shape index (κ1) is 17.2. The van der Waals surface area contributed by atoms with Crippen LogP contribution in [0.15, 0.2) is 30.3 Å². The molecule has 1 aromatic carbocycles. The molecule has 2 rings (SSSR count). The average molecular weight is 315 g/mol. The number of hydrogen-bond donors (Lipinski definition) is 3.